The Hall–Kier alpha value is -2.92. The smallest absolute Gasteiger partial charge is 0.177 e. The number of nitrogens with zero attached hydrogens (tertiary/aromatic N) is 4. The number of benzene rings is 1. The summed E-state index contributed by atoms with van der Waals surface area (Å²) in [5, 5.41) is 9.03. The minimum Gasteiger partial charge on any atom is -0.471 e. The SMILES string of the molecule is N[C@@H](Oc1ccc2[nH]nc(-c3ccc(N4CC5(CCCS(=O)(=O)C5)C4)nc3)c2c1)c1c(Cl)cncc1Cl. The number of hydrogen-bond acceptors (Lipinski definition) is 8. The molecular formula is C25H24Cl2N6O3S. The zero-order valence-electron chi connectivity index (χ0n) is 19.7. The Morgan fingerprint density at radius 1 is 1.11 bits per heavy atom. The second kappa shape index (κ2) is 9.13. The highest BCUT2D eigenvalue weighted by Crippen LogP contribution is 2.42. The summed E-state index contributed by atoms with van der Waals surface area (Å²) >= 11 is 12.4. The molecule has 2 aliphatic rings. The van der Waals surface area contributed by atoms with E-state index in [1.807, 2.05) is 24.3 Å². The van der Waals surface area contributed by atoms with Crippen molar-refractivity contribution in [1.82, 2.24) is 20.2 Å². The largest absolute Gasteiger partial charge is 0.471 e. The van der Waals surface area contributed by atoms with Crippen LogP contribution in [0.4, 0.5) is 5.82 Å². The van der Waals surface area contributed by atoms with Gasteiger partial charge in [0.05, 0.1) is 27.1 Å². The van der Waals surface area contributed by atoms with E-state index in [1.165, 1.54) is 12.4 Å². The Balaban J connectivity index is 1.20. The minimum atomic E-state index is -2.94. The summed E-state index contributed by atoms with van der Waals surface area (Å²) in [6.45, 7) is 1.44. The Morgan fingerprint density at radius 3 is 2.59 bits per heavy atom. The zero-order valence-corrected chi connectivity index (χ0v) is 22.0. The Morgan fingerprint density at radius 2 is 1.89 bits per heavy atom. The summed E-state index contributed by atoms with van der Waals surface area (Å²) < 4.78 is 30.1. The number of aromatic nitrogens is 4. The lowest BCUT2D eigenvalue weighted by atomic mass is 9.77. The first-order chi connectivity index (χ1) is 17.7. The fraction of sp³-hybridized carbons (Fsp3) is 0.320. The summed E-state index contributed by atoms with van der Waals surface area (Å²) in [4.78, 5) is 10.7. The van der Waals surface area contributed by atoms with Crippen LogP contribution in [0.1, 0.15) is 24.6 Å². The lowest BCUT2D eigenvalue weighted by Gasteiger charge is -2.52. The van der Waals surface area contributed by atoms with Gasteiger partial charge in [0, 0.05) is 53.6 Å². The lowest BCUT2D eigenvalue weighted by molar-refractivity contribution is 0.214. The molecule has 0 unspecified atom stereocenters. The lowest BCUT2D eigenvalue weighted by Crippen LogP contribution is -2.61. The number of halogens is 2. The highest BCUT2D eigenvalue weighted by Gasteiger charge is 2.48. The quantitative estimate of drug-likeness (QED) is 0.345. The summed E-state index contributed by atoms with van der Waals surface area (Å²) in [7, 11) is -2.94. The zero-order chi connectivity index (χ0) is 25.8. The molecule has 0 amide bonds. The monoisotopic (exact) mass is 558 g/mol. The number of sulfone groups is 1. The highest BCUT2D eigenvalue weighted by molar-refractivity contribution is 7.91. The first-order valence-corrected chi connectivity index (χ1v) is 14.4. The van der Waals surface area contributed by atoms with Crippen LogP contribution in [0.15, 0.2) is 48.9 Å². The molecule has 2 fully saturated rings. The van der Waals surface area contributed by atoms with Gasteiger partial charge < -0.3 is 9.64 Å². The van der Waals surface area contributed by atoms with Crippen LogP contribution >= 0.6 is 23.2 Å². The predicted molar refractivity (Wildman–Crippen MR) is 144 cm³/mol. The molecule has 4 aromatic rings. The van der Waals surface area contributed by atoms with Crippen LogP contribution in [0, 0.1) is 5.41 Å². The van der Waals surface area contributed by atoms with Gasteiger partial charge in [0.2, 0.25) is 0 Å². The second-order valence-corrected chi connectivity index (χ2v) is 12.8. The third-order valence-corrected chi connectivity index (χ3v) is 9.62. The van der Waals surface area contributed by atoms with Crippen molar-refractivity contribution < 1.29 is 13.2 Å². The van der Waals surface area contributed by atoms with Gasteiger partial charge in [0.1, 0.15) is 17.3 Å². The van der Waals surface area contributed by atoms with E-state index in [-0.39, 0.29) is 11.2 Å². The van der Waals surface area contributed by atoms with E-state index in [0.717, 1.165) is 53.9 Å². The molecule has 3 aromatic heterocycles. The summed E-state index contributed by atoms with van der Waals surface area (Å²) in [5.41, 5.74) is 8.98. The van der Waals surface area contributed by atoms with Gasteiger partial charge >= 0.3 is 0 Å². The molecule has 192 valence electrons. The van der Waals surface area contributed by atoms with E-state index in [2.05, 4.69) is 25.1 Å². The van der Waals surface area contributed by atoms with E-state index >= 15 is 0 Å². The van der Waals surface area contributed by atoms with Crippen LogP contribution in [0.3, 0.4) is 0 Å². The molecule has 0 aliphatic carbocycles. The number of H-pyrrole nitrogens is 1. The van der Waals surface area contributed by atoms with E-state index in [4.69, 9.17) is 33.7 Å². The number of ether oxygens (including phenoxy) is 1. The molecule has 6 rings (SSSR count). The van der Waals surface area contributed by atoms with Crippen LogP contribution in [-0.4, -0.2) is 53.2 Å². The number of nitrogens with two attached hydrogens (primary N) is 1. The molecule has 0 radical (unpaired) electrons. The molecule has 12 heteroatoms. The van der Waals surface area contributed by atoms with E-state index in [9.17, 15) is 8.42 Å². The van der Waals surface area contributed by atoms with Crippen LogP contribution in [0.2, 0.25) is 10.0 Å². The van der Waals surface area contributed by atoms with E-state index in [0.29, 0.717) is 27.1 Å². The fourth-order valence-electron chi connectivity index (χ4n) is 5.35. The normalized spacial score (nSPS) is 19.1. The van der Waals surface area contributed by atoms with Gasteiger partial charge in [0.15, 0.2) is 16.1 Å². The second-order valence-electron chi connectivity index (χ2n) is 9.79. The molecule has 1 spiro atoms. The first-order valence-electron chi connectivity index (χ1n) is 11.8. The summed E-state index contributed by atoms with van der Waals surface area (Å²) in [6.07, 6.45) is 5.54. The summed E-state index contributed by atoms with van der Waals surface area (Å²) in [6, 6.07) is 9.43. The summed E-state index contributed by atoms with van der Waals surface area (Å²) in [5.74, 6) is 1.95. The first kappa shape index (κ1) is 24.4. The van der Waals surface area contributed by atoms with Crippen molar-refractivity contribution in [1.29, 1.82) is 0 Å². The fourth-order valence-corrected chi connectivity index (χ4v) is 7.92. The molecule has 1 aromatic carbocycles. The maximum absolute atomic E-state index is 12.1. The molecule has 5 heterocycles. The molecule has 37 heavy (non-hydrogen) atoms. The van der Waals surface area contributed by atoms with Gasteiger partial charge in [0.25, 0.3) is 0 Å². The van der Waals surface area contributed by atoms with Crippen molar-refractivity contribution in [3.05, 3.63) is 64.5 Å². The number of fused-ring (bicyclic) bond motifs is 1. The minimum absolute atomic E-state index is 0.127. The number of rotatable bonds is 5. The third-order valence-electron chi connectivity index (χ3n) is 7.06. The van der Waals surface area contributed by atoms with Crippen molar-refractivity contribution in [3.63, 3.8) is 0 Å². The number of pyridine rings is 2. The van der Waals surface area contributed by atoms with Gasteiger partial charge in [-0.25, -0.2) is 13.4 Å². The van der Waals surface area contributed by atoms with E-state index in [1.54, 1.807) is 12.3 Å². The number of hydrogen-bond donors (Lipinski definition) is 2. The average Bonchev–Trinajstić information content (AvgIpc) is 3.25. The van der Waals surface area contributed by atoms with Gasteiger partial charge in [-0.05, 0) is 43.2 Å². The Bertz CT molecular complexity index is 1570. The standard InChI is InChI=1S/C25H24Cl2N6O3S/c26-18-10-29-11-19(27)22(18)24(28)36-16-3-4-20-17(8-16)23(32-31-20)15-2-5-21(30-9-15)33-12-25(13-33)6-1-7-37(34,35)14-25/h2-5,8-11,24H,1,6-7,12-14,28H2,(H,31,32)/t24-/m0/s1. The van der Waals surface area contributed by atoms with Crippen LogP contribution < -0.4 is 15.4 Å². The third kappa shape index (κ3) is 4.63. The predicted octanol–water partition coefficient (Wildman–Crippen LogP) is 4.38. The number of aromatic amines is 1. The van der Waals surface area contributed by atoms with Crippen LogP contribution in [0.5, 0.6) is 5.75 Å². The maximum atomic E-state index is 12.1. The van der Waals surface area contributed by atoms with Crippen molar-refractivity contribution in [2.45, 2.75) is 19.1 Å². The van der Waals surface area contributed by atoms with Gasteiger partial charge in [-0.3, -0.25) is 15.8 Å². The van der Waals surface area contributed by atoms with Crippen molar-refractivity contribution in [3.8, 4) is 17.0 Å². The molecule has 2 saturated heterocycles. The van der Waals surface area contributed by atoms with Gasteiger partial charge in [-0.2, -0.15) is 5.10 Å². The van der Waals surface area contributed by atoms with Gasteiger partial charge in [-0.15, -0.1) is 0 Å². The molecule has 3 N–H and O–H groups in total. The van der Waals surface area contributed by atoms with Crippen LogP contribution in [0.25, 0.3) is 22.2 Å². The van der Waals surface area contributed by atoms with Crippen molar-refractivity contribution in [2.75, 3.05) is 29.5 Å². The Kier molecular flexibility index (Phi) is 6.02. The maximum Gasteiger partial charge on any atom is 0.177 e. The molecule has 9 nitrogen and oxygen atoms in total. The Labute approximate surface area is 223 Å². The van der Waals surface area contributed by atoms with Crippen molar-refractivity contribution >= 4 is 49.8 Å². The highest BCUT2D eigenvalue weighted by atomic mass is 35.5. The van der Waals surface area contributed by atoms with E-state index < -0.39 is 16.1 Å². The van der Waals surface area contributed by atoms with Crippen LogP contribution in [-0.2, 0) is 9.84 Å². The van der Waals surface area contributed by atoms with Crippen molar-refractivity contribution in [2.24, 2.45) is 11.1 Å². The number of nitrogens with one attached hydrogen (secondary N) is 1. The molecular weight excluding hydrogens is 535 g/mol. The van der Waals surface area contributed by atoms with Gasteiger partial charge in [-0.1, -0.05) is 23.2 Å². The topological polar surface area (TPSA) is 127 Å². The molecule has 0 bridgehead atoms. The molecule has 0 saturated carbocycles. The average molecular weight is 559 g/mol. The number of anilines is 1. The molecule has 1 atom stereocenters. The molecule has 2 aliphatic heterocycles.